The number of carbonyl (C=O) groups is 2. The average molecular weight is 278 g/mol. The summed E-state index contributed by atoms with van der Waals surface area (Å²) in [5.41, 5.74) is 0.158. The van der Waals surface area contributed by atoms with E-state index in [2.05, 4.69) is 10.6 Å². The highest BCUT2D eigenvalue weighted by Gasteiger charge is 2.48. The molecule has 2 N–H and O–H groups in total. The number of amides is 2. The Kier molecular flexibility index (Phi) is 4.37. The molecule has 0 heterocycles. The van der Waals surface area contributed by atoms with Crippen molar-refractivity contribution in [2.75, 3.05) is 11.9 Å². The number of halogens is 1. The number of nitrogens with one attached hydrogen (secondary N) is 2. The number of anilines is 1. The molecule has 1 aliphatic rings. The van der Waals surface area contributed by atoms with E-state index in [0.717, 1.165) is 0 Å². The summed E-state index contributed by atoms with van der Waals surface area (Å²) in [4.78, 5) is 23.7. The lowest BCUT2D eigenvalue weighted by Crippen LogP contribution is -2.30. The van der Waals surface area contributed by atoms with Crippen LogP contribution in [-0.4, -0.2) is 18.4 Å². The standard InChI is InChI=1S/C15H19FN2O2/c1-9(2)8-17-14(19)10-7-11(10)15(20)18-13-6-4-3-5-12(13)16/h3-6,9-11H,7-8H2,1-2H3,(H,17,19)(H,18,20). The summed E-state index contributed by atoms with van der Waals surface area (Å²) in [7, 11) is 0. The summed E-state index contributed by atoms with van der Waals surface area (Å²) in [6.45, 7) is 4.63. The molecule has 2 rings (SSSR count). The molecule has 5 heteroatoms. The van der Waals surface area contributed by atoms with Crippen molar-refractivity contribution >= 4 is 17.5 Å². The van der Waals surface area contributed by atoms with Gasteiger partial charge in [-0.2, -0.15) is 0 Å². The molecule has 0 radical (unpaired) electrons. The zero-order valence-electron chi connectivity index (χ0n) is 11.7. The third-order valence-electron chi connectivity index (χ3n) is 3.28. The summed E-state index contributed by atoms with van der Waals surface area (Å²) >= 11 is 0. The van der Waals surface area contributed by atoms with E-state index in [1.54, 1.807) is 12.1 Å². The van der Waals surface area contributed by atoms with Crippen molar-refractivity contribution in [1.82, 2.24) is 5.32 Å². The number of benzene rings is 1. The second-order valence-corrected chi connectivity index (χ2v) is 5.56. The number of hydrogen-bond donors (Lipinski definition) is 2. The van der Waals surface area contributed by atoms with Gasteiger partial charge in [0.2, 0.25) is 11.8 Å². The van der Waals surface area contributed by atoms with Crippen molar-refractivity contribution in [2.24, 2.45) is 17.8 Å². The molecule has 1 aliphatic carbocycles. The second kappa shape index (κ2) is 6.03. The Morgan fingerprint density at radius 1 is 1.25 bits per heavy atom. The SMILES string of the molecule is CC(C)CNC(=O)C1CC1C(=O)Nc1ccccc1F. The highest BCUT2D eigenvalue weighted by atomic mass is 19.1. The van der Waals surface area contributed by atoms with Crippen LogP contribution in [0.25, 0.3) is 0 Å². The molecule has 0 bridgehead atoms. The van der Waals surface area contributed by atoms with E-state index >= 15 is 0 Å². The second-order valence-electron chi connectivity index (χ2n) is 5.56. The third kappa shape index (κ3) is 3.56. The molecular weight excluding hydrogens is 259 g/mol. The lowest BCUT2D eigenvalue weighted by molar-refractivity contribution is -0.125. The number of rotatable bonds is 5. The minimum Gasteiger partial charge on any atom is -0.356 e. The Bertz CT molecular complexity index is 516. The number of hydrogen-bond acceptors (Lipinski definition) is 2. The molecule has 108 valence electrons. The molecule has 1 fully saturated rings. The maximum absolute atomic E-state index is 13.4. The summed E-state index contributed by atoms with van der Waals surface area (Å²) in [5, 5.41) is 5.34. The van der Waals surface area contributed by atoms with Crippen molar-refractivity contribution in [1.29, 1.82) is 0 Å². The normalized spacial score (nSPS) is 20.6. The van der Waals surface area contributed by atoms with Crippen LogP contribution in [0.2, 0.25) is 0 Å². The third-order valence-corrected chi connectivity index (χ3v) is 3.28. The van der Waals surface area contributed by atoms with E-state index in [4.69, 9.17) is 0 Å². The average Bonchev–Trinajstić information content (AvgIpc) is 3.19. The minimum atomic E-state index is -0.470. The van der Waals surface area contributed by atoms with Crippen LogP contribution in [0.15, 0.2) is 24.3 Å². The summed E-state index contributed by atoms with van der Waals surface area (Å²) in [5.74, 6) is -1.10. The van der Waals surface area contributed by atoms with E-state index in [1.807, 2.05) is 13.8 Å². The molecule has 4 nitrogen and oxygen atoms in total. The first kappa shape index (κ1) is 14.5. The van der Waals surface area contributed by atoms with Gasteiger partial charge in [0, 0.05) is 6.54 Å². The zero-order chi connectivity index (χ0) is 14.7. The number of carbonyl (C=O) groups excluding carboxylic acids is 2. The van der Waals surface area contributed by atoms with Crippen LogP contribution in [0.5, 0.6) is 0 Å². The quantitative estimate of drug-likeness (QED) is 0.867. The van der Waals surface area contributed by atoms with Gasteiger partial charge in [-0.1, -0.05) is 26.0 Å². The summed E-state index contributed by atoms with van der Waals surface area (Å²) < 4.78 is 13.4. The van der Waals surface area contributed by atoms with Crippen LogP contribution < -0.4 is 10.6 Å². The fourth-order valence-corrected chi connectivity index (χ4v) is 2.00. The maximum Gasteiger partial charge on any atom is 0.228 e. The van der Waals surface area contributed by atoms with Crippen LogP contribution in [0, 0.1) is 23.6 Å². The molecule has 1 aromatic carbocycles. The predicted molar refractivity (Wildman–Crippen MR) is 74.5 cm³/mol. The lowest BCUT2D eigenvalue weighted by Gasteiger charge is -2.08. The van der Waals surface area contributed by atoms with Crippen molar-refractivity contribution in [3.05, 3.63) is 30.1 Å². The smallest absolute Gasteiger partial charge is 0.228 e. The van der Waals surface area contributed by atoms with Gasteiger partial charge in [-0.25, -0.2) is 4.39 Å². The van der Waals surface area contributed by atoms with Crippen LogP contribution in [0.1, 0.15) is 20.3 Å². The Hall–Kier alpha value is -1.91. The topological polar surface area (TPSA) is 58.2 Å². The molecule has 20 heavy (non-hydrogen) atoms. The van der Waals surface area contributed by atoms with Crippen molar-refractivity contribution in [2.45, 2.75) is 20.3 Å². The van der Waals surface area contributed by atoms with E-state index in [1.165, 1.54) is 12.1 Å². The lowest BCUT2D eigenvalue weighted by atomic mass is 10.2. The molecule has 0 aromatic heterocycles. The molecular formula is C15H19FN2O2. The Morgan fingerprint density at radius 3 is 2.55 bits per heavy atom. The molecule has 0 aliphatic heterocycles. The number of para-hydroxylation sites is 1. The molecule has 2 unspecified atom stereocenters. The van der Waals surface area contributed by atoms with Crippen molar-refractivity contribution < 1.29 is 14.0 Å². The first-order chi connectivity index (χ1) is 9.49. The highest BCUT2D eigenvalue weighted by Crippen LogP contribution is 2.39. The Balaban J connectivity index is 1.84. The largest absolute Gasteiger partial charge is 0.356 e. The van der Waals surface area contributed by atoms with E-state index in [9.17, 15) is 14.0 Å². The van der Waals surface area contributed by atoms with Gasteiger partial charge in [-0.15, -0.1) is 0 Å². The first-order valence-corrected chi connectivity index (χ1v) is 6.82. The van der Waals surface area contributed by atoms with Crippen LogP contribution in [0.4, 0.5) is 10.1 Å². The molecule has 1 saturated carbocycles. The van der Waals surface area contributed by atoms with Gasteiger partial charge < -0.3 is 10.6 Å². The maximum atomic E-state index is 13.4. The fraction of sp³-hybridized carbons (Fsp3) is 0.467. The van der Waals surface area contributed by atoms with E-state index in [0.29, 0.717) is 18.9 Å². The summed E-state index contributed by atoms with van der Waals surface area (Å²) in [6.07, 6.45) is 0.532. The van der Waals surface area contributed by atoms with Crippen molar-refractivity contribution in [3.8, 4) is 0 Å². The molecule has 0 saturated heterocycles. The fourth-order valence-electron chi connectivity index (χ4n) is 2.00. The predicted octanol–water partition coefficient (Wildman–Crippen LogP) is 2.17. The van der Waals surface area contributed by atoms with Gasteiger partial charge >= 0.3 is 0 Å². The Labute approximate surface area is 117 Å². The van der Waals surface area contributed by atoms with Crippen LogP contribution >= 0.6 is 0 Å². The molecule has 2 atom stereocenters. The van der Waals surface area contributed by atoms with E-state index in [-0.39, 0.29) is 29.3 Å². The van der Waals surface area contributed by atoms with Crippen molar-refractivity contribution in [3.63, 3.8) is 0 Å². The van der Waals surface area contributed by atoms with Gasteiger partial charge in [0.15, 0.2) is 0 Å². The van der Waals surface area contributed by atoms with Gasteiger partial charge in [0.25, 0.3) is 0 Å². The molecule has 1 aromatic rings. The molecule has 0 spiro atoms. The van der Waals surface area contributed by atoms with Gasteiger partial charge in [0.1, 0.15) is 5.82 Å². The first-order valence-electron chi connectivity index (χ1n) is 6.82. The van der Waals surface area contributed by atoms with Crippen LogP contribution in [-0.2, 0) is 9.59 Å². The zero-order valence-corrected chi connectivity index (χ0v) is 11.7. The van der Waals surface area contributed by atoms with E-state index < -0.39 is 5.82 Å². The molecule has 2 amide bonds. The highest BCUT2D eigenvalue weighted by molar-refractivity contribution is 5.99. The monoisotopic (exact) mass is 278 g/mol. The summed E-state index contributed by atoms with van der Waals surface area (Å²) in [6, 6.07) is 6.00. The van der Waals surface area contributed by atoms with Gasteiger partial charge in [0.05, 0.1) is 17.5 Å². The van der Waals surface area contributed by atoms with Crippen LogP contribution in [0.3, 0.4) is 0 Å². The Morgan fingerprint density at radius 2 is 1.90 bits per heavy atom. The van der Waals surface area contributed by atoms with Gasteiger partial charge in [-0.3, -0.25) is 9.59 Å². The minimum absolute atomic E-state index is 0.0904. The van der Waals surface area contributed by atoms with Gasteiger partial charge in [-0.05, 0) is 24.5 Å².